The van der Waals surface area contributed by atoms with Crippen LogP contribution in [0.3, 0.4) is 0 Å². The van der Waals surface area contributed by atoms with E-state index >= 15 is 0 Å². The van der Waals surface area contributed by atoms with E-state index < -0.39 is 37.3 Å². The molecule has 2 aromatic carbocycles. The summed E-state index contributed by atoms with van der Waals surface area (Å²) < 4.78 is 7.39. The minimum absolute atomic E-state index is 0.169. The van der Waals surface area contributed by atoms with Crippen LogP contribution in [0.25, 0.3) is 10.9 Å². The van der Waals surface area contributed by atoms with E-state index in [4.69, 9.17) is 16.3 Å². The predicted molar refractivity (Wildman–Crippen MR) is 113 cm³/mol. The summed E-state index contributed by atoms with van der Waals surface area (Å²) in [5, 5.41) is 51.3. The minimum Gasteiger partial charge on any atom is -0.508 e. The van der Waals surface area contributed by atoms with Gasteiger partial charge in [-0.1, -0.05) is 29.4 Å². The summed E-state index contributed by atoms with van der Waals surface area (Å²) in [4.78, 5) is 1.73. The summed E-state index contributed by atoms with van der Waals surface area (Å²) in [5.41, 5.74) is 1.57. The van der Waals surface area contributed by atoms with Crippen molar-refractivity contribution >= 4 is 34.3 Å². The van der Waals surface area contributed by atoms with Crippen LogP contribution in [0.4, 0.5) is 0 Å². The molecule has 0 aliphatic carbocycles. The molecule has 1 fully saturated rings. The number of nitrogens with zero attached hydrogens (tertiary/aromatic N) is 1. The fraction of sp³-hybridized carbons (Fsp3) is 0.333. The second kappa shape index (κ2) is 8.39. The molecule has 0 unspecified atom stereocenters. The monoisotopic (exact) mass is 451 g/mol. The summed E-state index contributed by atoms with van der Waals surface area (Å²) in [6.45, 7) is 1.43. The topological polar surface area (TPSA) is 115 Å². The lowest BCUT2D eigenvalue weighted by Crippen LogP contribution is -2.56. The molecule has 1 saturated heterocycles. The van der Waals surface area contributed by atoms with Crippen LogP contribution >= 0.6 is 23.4 Å². The Balaban J connectivity index is 1.84. The Morgan fingerprint density at radius 1 is 1.03 bits per heavy atom. The summed E-state index contributed by atoms with van der Waals surface area (Å²) >= 11 is 7.97. The Kier molecular flexibility index (Phi) is 6.00. The Morgan fingerprint density at radius 2 is 1.73 bits per heavy atom. The molecule has 1 aromatic heterocycles. The third-order valence-corrected chi connectivity index (χ3v) is 6.65. The number of hydrogen-bond donors (Lipinski definition) is 5. The van der Waals surface area contributed by atoms with Gasteiger partial charge in [0.15, 0.2) is 6.23 Å². The molecule has 0 spiro atoms. The summed E-state index contributed by atoms with van der Waals surface area (Å²) in [6.07, 6.45) is -4.67. The number of aromatic hydroxyl groups is 1. The number of aliphatic hydroxyl groups excluding tert-OH is 4. The maximum atomic E-state index is 10.6. The van der Waals surface area contributed by atoms with Crippen molar-refractivity contribution in [3.05, 3.63) is 53.2 Å². The fourth-order valence-corrected chi connectivity index (χ4v) is 5.02. The largest absolute Gasteiger partial charge is 0.508 e. The van der Waals surface area contributed by atoms with Gasteiger partial charge < -0.3 is 34.8 Å². The zero-order valence-electron chi connectivity index (χ0n) is 16.0. The van der Waals surface area contributed by atoms with Crippen molar-refractivity contribution in [1.82, 2.24) is 4.57 Å². The standard InChI is InChI=1S/C21H22ClNO6S/c1-10-2-7-13(22)17-16(10)15(30-12-5-3-11(25)4-6-12)8-23(17)21-20(28)19(27)18(26)14(9-24)29-21/h2-8,14,18-21,24-28H,9H2,1H3/t14-,18-,19+,20-,21-/m1/s1. The molecule has 160 valence electrons. The molecule has 4 rings (SSSR count). The zero-order valence-corrected chi connectivity index (χ0v) is 17.6. The first-order valence-corrected chi connectivity index (χ1v) is 10.6. The van der Waals surface area contributed by atoms with Crippen LogP contribution < -0.4 is 0 Å². The van der Waals surface area contributed by atoms with Gasteiger partial charge in [0, 0.05) is 21.4 Å². The van der Waals surface area contributed by atoms with Crippen LogP contribution in [0.5, 0.6) is 5.75 Å². The number of halogens is 1. The number of ether oxygens (including phenoxy) is 1. The summed E-state index contributed by atoms with van der Waals surface area (Å²) in [5.74, 6) is 0.169. The second-order valence-corrected chi connectivity index (χ2v) is 8.83. The molecular formula is C21H22ClNO6S. The van der Waals surface area contributed by atoms with Gasteiger partial charge in [-0.2, -0.15) is 0 Å². The Bertz CT molecular complexity index is 1050. The first-order valence-electron chi connectivity index (χ1n) is 9.39. The number of rotatable bonds is 4. The van der Waals surface area contributed by atoms with Crippen molar-refractivity contribution in [2.24, 2.45) is 0 Å². The molecule has 1 aliphatic heterocycles. The number of hydrogen-bond acceptors (Lipinski definition) is 7. The van der Waals surface area contributed by atoms with Crippen molar-refractivity contribution in [3.8, 4) is 5.75 Å². The number of benzene rings is 2. The second-order valence-electron chi connectivity index (χ2n) is 7.30. The predicted octanol–water partition coefficient (Wildman–Crippen LogP) is 2.43. The molecule has 5 N–H and O–H groups in total. The molecule has 0 radical (unpaired) electrons. The van der Waals surface area contributed by atoms with Gasteiger partial charge in [-0.3, -0.25) is 0 Å². The van der Waals surface area contributed by atoms with E-state index in [-0.39, 0.29) is 5.75 Å². The van der Waals surface area contributed by atoms with Crippen LogP contribution in [0, 0.1) is 6.92 Å². The van der Waals surface area contributed by atoms with E-state index in [1.54, 1.807) is 41.1 Å². The first-order chi connectivity index (χ1) is 14.3. The maximum absolute atomic E-state index is 10.6. The van der Waals surface area contributed by atoms with Gasteiger partial charge in [0.25, 0.3) is 0 Å². The third kappa shape index (κ3) is 3.69. The SMILES string of the molecule is Cc1ccc(Cl)c2c1c(Sc1ccc(O)cc1)cn2[C@@H]1O[C@H](CO)[C@@H](O)[C@H](O)[C@H]1O. The number of aromatic nitrogens is 1. The van der Waals surface area contributed by atoms with E-state index in [0.29, 0.717) is 10.5 Å². The summed E-state index contributed by atoms with van der Waals surface area (Å²) in [7, 11) is 0. The molecule has 30 heavy (non-hydrogen) atoms. The van der Waals surface area contributed by atoms with Crippen LogP contribution in [0.15, 0.2) is 52.4 Å². The lowest BCUT2D eigenvalue weighted by molar-refractivity contribution is -0.250. The van der Waals surface area contributed by atoms with Gasteiger partial charge in [-0.05, 0) is 42.8 Å². The van der Waals surface area contributed by atoms with Crippen molar-refractivity contribution in [2.45, 2.75) is 47.4 Å². The molecule has 9 heteroatoms. The normalized spacial score (nSPS) is 26.9. The highest BCUT2D eigenvalue weighted by atomic mass is 35.5. The smallest absolute Gasteiger partial charge is 0.163 e. The molecular weight excluding hydrogens is 430 g/mol. The van der Waals surface area contributed by atoms with E-state index in [1.165, 1.54) is 11.8 Å². The highest BCUT2D eigenvalue weighted by Gasteiger charge is 2.44. The van der Waals surface area contributed by atoms with Gasteiger partial charge in [-0.15, -0.1) is 0 Å². The molecule has 3 aromatic rings. The van der Waals surface area contributed by atoms with E-state index in [0.717, 1.165) is 20.7 Å². The molecule has 7 nitrogen and oxygen atoms in total. The van der Waals surface area contributed by atoms with Crippen molar-refractivity contribution in [2.75, 3.05) is 6.61 Å². The quantitative estimate of drug-likeness (QED) is 0.413. The maximum Gasteiger partial charge on any atom is 0.163 e. The van der Waals surface area contributed by atoms with Gasteiger partial charge in [0.1, 0.15) is 30.2 Å². The first kappa shape index (κ1) is 21.5. The number of phenols is 1. The third-order valence-electron chi connectivity index (χ3n) is 5.30. The molecule has 5 atom stereocenters. The number of fused-ring (bicyclic) bond motifs is 1. The Morgan fingerprint density at radius 3 is 2.40 bits per heavy atom. The highest BCUT2D eigenvalue weighted by molar-refractivity contribution is 7.99. The zero-order chi connectivity index (χ0) is 21.6. The molecule has 0 amide bonds. The van der Waals surface area contributed by atoms with Crippen molar-refractivity contribution in [1.29, 1.82) is 0 Å². The van der Waals surface area contributed by atoms with E-state index in [9.17, 15) is 25.5 Å². The number of aliphatic hydroxyl groups is 4. The van der Waals surface area contributed by atoms with Crippen LogP contribution in [-0.2, 0) is 4.74 Å². The van der Waals surface area contributed by atoms with Crippen LogP contribution in [0.2, 0.25) is 5.02 Å². The van der Waals surface area contributed by atoms with Crippen molar-refractivity contribution < 1.29 is 30.3 Å². The van der Waals surface area contributed by atoms with Gasteiger partial charge in [-0.25, -0.2) is 0 Å². The Labute approximate surface area is 182 Å². The average Bonchev–Trinajstić information content (AvgIpc) is 3.11. The van der Waals surface area contributed by atoms with Gasteiger partial charge in [0.05, 0.1) is 17.1 Å². The van der Waals surface area contributed by atoms with Crippen LogP contribution in [0.1, 0.15) is 11.8 Å². The average molecular weight is 452 g/mol. The summed E-state index contributed by atoms with van der Waals surface area (Å²) in [6, 6.07) is 10.4. The lowest BCUT2D eigenvalue weighted by Gasteiger charge is -2.40. The highest BCUT2D eigenvalue weighted by Crippen LogP contribution is 2.42. The molecule has 0 bridgehead atoms. The molecule has 1 aliphatic rings. The molecule has 0 saturated carbocycles. The van der Waals surface area contributed by atoms with E-state index in [2.05, 4.69) is 0 Å². The number of phenolic OH excluding ortho intramolecular Hbond substituents is 1. The molecule has 2 heterocycles. The number of aryl methyl sites for hydroxylation is 1. The van der Waals surface area contributed by atoms with Crippen molar-refractivity contribution in [3.63, 3.8) is 0 Å². The minimum atomic E-state index is -1.49. The van der Waals surface area contributed by atoms with Gasteiger partial charge >= 0.3 is 0 Å². The van der Waals surface area contributed by atoms with Gasteiger partial charge in [0.2, 0.25) is 0 Å². The fourth-order valence-electron chi connectivity index (χ4n) is 3.72. The van der Waals surface area contributed by atoms with E-state index in [1.807, 2.05) is 13.0 Å². The lowest BCUT2D eigenvalue weighted by atomic mass is 9.98. The van der Waals surface area contributed by atoms with Crippen LogP contribution in [-0.4, -0.2) is 61.1 Å². The Hall–Kier alpha value is -1.78.